The van der Waals surface area contributed by atoms with Crippen molar-refractivity contribution in [1.29, 1.82) is 0 Å². The second kappa shape index (κ2) is 6.07. The SMILES string of the molecule is ClCCCCN1CCC(N2CCCC2)C1. The summed E-state index contributed by atoms with van der Waals surface area (Å²) in [5.74, 6) is 0.823. The quantitative estimate of drug-likeness (QED) is 0.528. The third-order valence-electron chi connectivity index (χ3n) is 3.76. The van der Waals surface area contributed by atoms with Crippen molar-refractivity contribution in [3.63, 3.8) is 0 Å². The number of hydrogen-bond donors (Lipinski definition) is 0. The van der Waals surface area contributed by atoms with E-state index in [4.69, 9.17) is 11.6 Å². The highest BCUT2D eigenvalue weighted by atomic mass is 35.5. The van der Waals surface area contributed by atoms with E-state index >= 15 is 0 Å². The van der Waals surface area contributed by atoms with Crippen molar-refractivity contribution in [2.24, 2.45) is 0 Å². The molecule has 0 radical (unpaired) electrons. The Hall–Kier alpha value is 0.210. The van der Waals surface area contributed by atoms with E-state index in [-0.39, 0.29) is 0 Å². The molecule has 2 heterocycles. The van der Waals surface area contributed by atoms with Gasteiger partial charge in [0, 0.05) is 18.5 Å². The molecule has 2 aliphatic heterocycles. The number of unbranched alkanes of at least 4 members (excludes halogenated alkanes) is 1. The molecule has 0 saturated carbocycles. The van der Waals surface area contributed by atoms with Crippen LogP contribution in [-0.2, 0) is 0 Å². The molecule has 0 N–H and O–H groups in total. The molecular weight excluding hydrogens is 208 g/mol. The standard InChI is InChI=1S/C12H23ClN2/c13-6-1-2-7-14-10-5-12(11-14)15-8-3-4-9-15/h12H,1-11H2. The summed E-state index contributed by atoms with van der Waals surface area (Å²) in [5.41, 5.74) is 0. The van der Waals surface area contributed by atoms with Crippen LogP contribution in [-0.4, -0.2) is 54.4 Å². The highest BCUT2D eigenvalue weighted by molar-refractivity contribution is 6.17. The lowest BCUT2D eigenvalue weighted by atomic mass is 10.2. The summed E-state index contributed by atoms with van der Waals surface area (Å²) < 4.78 is 0. The summed E-state index contributed by atoms with van der Waals surface area (Å²) in [6.45, 7) is 6.57. The number of nitrogens with zero attached hydrogens (tertiary/aromatic N) is 2. The van der Waals surface area contributed by atoms with Gasteiger partial charge < -0.3 is 4.90 Å². The van der Waals surface area contributed by atoms with E-state index in [1.54, 1.807) is 0 Å². The number of alkyl halides is 1. The van der Waals surface area contributed by atoms with Crippen LogP contribution in [0.2, 0.25) is 0 Å². The van der Waals surface area contributed by atoms with Crippen LogP contribution in [0.1, 0.15) is 32.1 Å². The summed E-state index contributed by atoms with van der Waals surface area (Å²) in [4.78, 5) is 5.32. The molecule has 0 aromatic rings. The highest BCUT2D eigenvalue weighted by Gasteiger charge is 2.28. The molecule has 88 valence electrons. The minimum atomic E-state index is 0.823. The van der Waals surface area contributed by atoms with Gasteiger partial charge in [0.25, 0.3) is 0 Å². The molecule has 2 rings (SSSR count). The monoisotopic (exact) mass is 230 g/mol. The minimum absolute atomic E-state index is 0.823. The molecule has 2 nitrogen and oxygen atoms in total. The van der Waals surface area contributed by atoms with E-state index < -0.39 is 0 Å². The van der Waals surface area contributed by atoms with E-state index in [2.05, 4.69) is 9.80 Å². The molecule has 0 aromatic carbocycles. The van der Waals surface area contributed by atoms with Gasteiger partial charge in [-0.3, -0.25) is 4.90 Å². The Labute approximate surface area is 98.6 Å². The van der Waals surface area contributed by atoms with Gasteiger partial charge in [0.15, 0.2) is 0 Å². The van der Waals surface area contributed by atoms with Gasteiger partial charge in [0.2, 0.25) is 0 Å². The van der Waals surface area contributed by atoms with Crippen LogP contribution in [0.5, 0.6) is 0 Å². The summed E-state index contributed by atoms with van der Waals surface area (Å²) in [6.07, 6.45) is 6.68. The zero-order valence-corrected chi connectivity index (χ0v) is 10.4. The summed E-state index contributed by atoms with van der Waals surface area (Å²) >= 11 is 5.69. The number of likely N-dealkylation sites (tertiary alicyclic amines) is 2. The minimum Gasteiger partial charge on any atom is -0.302 e. The van der Waals surface area contributed by atoms with E-state index in [9.17, 15) is 0 Å². The van der Waals surface area contributed by atoms with Crippen molar-refractivity contribution in [2.45, 2.75) is 38.1 Å². The van der Waals surface area contributed by atoms with Gasteiger partial charge in [-0.2, -0.15) is 0 Å². The lowest BCUT2D eigenvalue weighted by Crippen LogP contribution is -2.35. The first-order chi connectivity index (χ1) is 7.40. The lowest BCUT2D eigenvalue weighted by Gasteiger charge is -2.23. The van der Waals surface area contributed by atoms with Crippen molar-refractivity contribution in [2.75, 3.05) is 38.6 Å². The first-order valence-corrected chi connectivity index (χ1v) is 6.96. The average molecular weight is 231 g/mol. The summed E-state index contributed by atoms with van der Waals surface area (Å²) in [6, 6.07) is 0.864. The molecule has 2 aliphatic rings. The fourth-order valence-electron chi connectivity index (χ4n) is 2.85. The molecule has 15 heavy (non-hydrogen) atoms. The number of hydrogen-bond acceptors (Lipinski definition) is 2. The lowest BCUT2D eigenvalue weighted by molar-refractivity contribution is 0.231. The van der Waals surface area contributed by atoms with E-state index in [0.29, 0.717) is 0 Å². The molecule has 1 unspecified atom stereocenters. The molecule has 2 saturated heterocycles. The molecule has 1 atom stereocenters. The third kappa shape index (κ3) is 3.33. The van der Waals surface area contributed by atoms with E-state index in [0.717, 1.165) is 11.9 Å². The Kier molecular flexibility index (Phi) is 4.73. The molecule has 0 spiro atoms. The van der Waals surface area contributed by atoms with Crippen LogP contribution in [0.3, 0.4) is 0 Å². The van der Waals surface area contributed by atoms with Gasteiger partial charge >= 0.3 is 0 Å². The van der Waals surface area contributed by atoms with Gasteiger partial charge in [-0.1, -0.05) is 0 Å². The Balaban J connectivity index is 1.65. The van der Waals surface area contributed by atoms with E-state index in [1.807, 2.05) is 0 Å². The maximum Gasteiger partial charge on any atom is 0.0235 e. The van der Waals surface area contributed by atoms with Crippen molar-refractivity contribution in [3.05, 3.63) is 0 Å². The first kappa shape index (κ1) is 11.7. The van der Waals surface area contributed by atoms with Gasteiger partial charge in [-0.25, -0.2) is 0 Å². The van der Waals surface area contributed by atoms with Gasteiger partial charge in [0.05, 0.1) is 0 Å². The smallest absolute Gasteiger partial charge is 0.0235 e. The van der Waals surface area contributed by atoms with Crippen LogP contribution < -0.4 is 0 Å². The summed E-state index contributed by atoms with van der Waals surface area (Å²) in [5, 5.41) is 0. The van der Waals surface area contributed by atoms with Crippen LogP contribution in [0, 0.1) is 0 Å². The molecule has 0 aliphatic carbocycles. The van der Waals surface area contributed by atoms with Gasteiger partial charge in [-0.05, 0) is 58.3 Å². The summed E-state index contributed by atoms with van der Waals surface area (Å²) in [7, 11) is 0. The number of rotatable bonds is 5. The fraction of sp³-hybridized carbons (Fsp3) is 1.00. The predicted octanol–water partition coefficient (Wildman–Crippen LogP) is 2.18. The molecule has 0 aromatic heterocycles. The maximum absolute atomic E-state index is 5.69. The zero-order chi connectivity index (χ0) is 10.5. The van der Waals surface area contributed by atoms with Gasteiger partial charge in [-0.15, -0.1) is 11.6 Å². The van der Waals surface area contributed by atoms with E-state index in [1.165, 1.54) is 64.8 Å². The Morgan fingerprint density at radius 1 is 1.07 bits per heavy atom. The fourth-order valence-corrected chi connectivity index (χ4v) is 3.04. The van der Waals surface area contributed by atoms with Crippen molar-refractivity contribution in [3.8, 4) is 0 Å². The molecule has 0 amide bonds. The Morgan fingerprint density at radius 2 is 1.87 bits per heavy atom. The van der Waals surface area contributed by atoms with Crippen molar-refractivity contribution < 1.29 is 0 Å². The third-order valence-corrected chi connectivity index (χ3v) is 4.03. The topological polar surface area (TPSA) is 6.48 Å². The average Bonchev–Trinajstić information content (AvgIpc) is 2.87. The first-order valence-electron chi connectivity index (χ1n) is 6.42. The zero-order valence-electron chi connectivity index (χ0n) is 9.63. The Morgan fingerprint density at radius 3 is 2.60 bits per heavy atom. The van der Waals surface area contributed by atoms with Crippen molar-refractivity contribution >= 4 is 11.6 Å². The van der Waals surface area contributed by atoms with Crippen molar-refractivity contribution in [1.82, 2.24) is 9.80 Å². The second-order valence-electron chi connectivity index (χ2n) is 4.88. The van der Waals surface area contributed by atoms with Gasteiger partial charge in [0.1, 0.15) is 0 Å². The largest absolute Gasteiger partial charge is 0.302 e. The second-order valence-corrected chi connectivity index (χ2v) is 5.26. The molecule has 2 fully saturated rings. The Bertz CT molecular complexity index is 180. The normalized spacial score (nSPS) is 29.0. The van der Waals surface area contributed by atoms with Crippen LogP contribution in [0.25, 0.3) is 0 Å². The molecular formula is C12H23ClN2. The highest BCUT2D eigenvalue weighted by Crippen LogP contribution is 2.20. The van der Waals surface area contributed by atoms with Crippen LogP contribution in [0.4, 0.5) is 0 Å². The van der Waals surface area contributed by atoms with Crippen LogP contribution >= 0.6 is 11.6 Å². The maximum atomic E-state index is 5.69. The number of halogens is 1. The predicted molar refractivity (Wildman–Crippen MR) is 65.6 cm³/mol. The molecule has 3 heteroatoms. The van der Waals surface area contributed by atoms with Crippen LogP contribution in [0.15, 0.2) is 0 Å². The molecule has 0 bridgehead atoms.